The molecular weight excluding hydrogens is 370 g/mol. The van der Waals surface area contributed by atoms with Crippen molar-refractivity contribution in [3.63, 3.8) is 0 Å². The molecule has 2 saturated carbocycles. The van der Waals surface area contributed by atoms with Gasteiger partial charge < -0.3 is 14.6 Å². The average molecular weight is 397 g/mol. The Labute approximate surface area is 170 Å². The lowest BCUT2D eigenvalue weighted by molar-refractivity contribution is -0.138. The fraction of sp³-hybridized carbons (Fsp3) is 0.545. The van der Waals surface area contributed by atoms with Gasteiger partial charge in [-0.3, -0.25) is 4.79 Å². The lowest BCUT2D eigenvalue weighted by Gasteiger charge is -2.25. The van der Waals surface area contributed by atoms with E-state index in [9.17, 15) is 9.90 Å². The highest BCUT2D eigenvalue weighted by Crippen LogP contribution is 2.50. The Hall–Kier alpha value is -2.70. The van der Waals surface area contributed by atoms with Gasteiger partial charge in [0.25, 0.3) is 0 Å². The summed E-state index contributed by atoms with van der Waals surface area (Å²) >= 11 is 0. The van der Waals surface area contributed by atoms with Crippen LogP contribution < -0.4 is 9.47 Å². The molecular formula is C22H27N3O4. The van der Waals surface area contributed by atoms with Crippen LogP contribution in [0.15, 0.2) is 24.4 Å². The van der Waals surface area contributed by atoms with Crippen molar-refractivity contribution in [2.45, 2.75) is 44.9 Å². The number of ether oxygens (including phenoxy) is 2. The molecule has 0 radical (unpaired) electrons. The molecule has 4 rings (SSSR count). The molecule has 2 aromatic heterocycles. The van der Waals surface area contributed by atoms with Crippen LogP contribution in [0.2, 0.25) is 0 Å². The first-order chi connectivity index (χ1) is 14.0. The highest BCUT2D eigenvalue weighted by molar-refractivity contribution is 5.75. The monoisotopic (exact) mass is 397 g/mol. The molecule has 0 aromatic carbocycles. The predicted molar refractivity (Wildman–Crippen MR) is 107 cm³/mol. The van der Waals surface area contributed by atoms with Crippen molar-refractivity contribution in [2.75, 3.05) is 13.7 Å². The first-order valence-electron chi connectivity index (χ1n) is 10.3. The van der Waals surface area contributed by atoms with Gasteiger partial charge in [0.2, 0.25) is 5.88 Å². The number of nitrogens with zero attached hydrogens (tertiary/aromatic N) is 3. The van der Waals surface area contributed by atoms with E-state index >= 15 is 0 Å². The van der Waals surface area contributed by atoms with Gasteiger partial charge in [0.1, 0.15) is 5.75 Å². The van der Waals surface area contributed by atoms with Crippen LogP contribution in [-0.2, 0) is 4.79 Å². The highest BCUT2D eigenvalue weighted by atomic mass is 16.5. The van der Waals surface area contributed by atoms with Crippen LogP contribution in [0.3, 0.4) is 0 Å². The van der Waals surface area contributed by atoms with E-state index < -0.39 is 5.97 Å². The summed E-state index contributed by atoms with van der Waals surface area (Å²) in [6.07, 6.45) is 7.15. The summed E-state index contributed by atoms with van der Waals surface area (Å²) in [5, 5.41) is 17.4. The third-order valence-electron chi connectivity index (χ3n) is 6.09. The number of aromatic nitrogens is 3. The van der Waals surface area contributed by atoms with E-state index in [1.807, 2.05) is 18.2 Å². The molecule has 2 aliphatic carbocycles. The smallest absolute Gasteiger partial charge is 0.307 e. The van der Waals surface area contributed by atoms with Crippen LogP contribution in [0.1, 0.15) is 50.6 Å². The summed E-state index contributed by atoms with van der Waals surface area (Å²) in [6, 6.07) is 5.53. The maximum Gasteiger partial charge on any atom is 0.307 e. The van der Waals surface area contributed by atoms with Crippen molar-refractivity contribution in [3.8, 4) is 22.9 Å². The summed E-state index contributed by atoms with van der Waals surface area (Å²) in [6.45, 7) is 2.97. The quantitative estimate of drug-likeness (QED) is 0.756. The van der Waals surface area contributed by atoms with E-state index in [-0.39, 0.29) is 11.8 Å². The second-order valence-electron chi connectivity index (χ2n) is 8.29. The maximum absolute atomic E-state index is 11.3. The van der Waals surface area contributed by atoms with Gasteiger partial charge in [0, 0.05) is 17.5 Å². The minimum atomic E-state index is -0.789. The standard InChI is InChI=1S/C22H27N3O4/c1-13-3-5-14(6-4-13)12-29-20-9-15(11-23-25-20)18-7-8-19(28-2)21(24-18)16-10-17(16)22(26)27/h7-9,11,13-14,16-17H,3-6,10,12H2,1-2H3,(H,26,27)/t13-,14-,16-,17-/m0/s1. The van der Waals surface area contributed by atoms with E-state index in [1.54, 1.807) is 13.3 Å². The van der Waals surface area contributed by atoms with E-state index in [0.29, 0.717) is 42.0 Å². The Bertz CT molecular complexity index is 880. The molecule has 154 valence electrons. The zero-order chi connectivity index (χ0) is 20.4. The molecule has 0 unspecified atom stereocenters. The second kappa shape index (κ2) is 8.35. The third kappa shape index (κ3) is 4.49. The average Bonchev–Trinajstić information content (AvgIpc) is 3.54. The minimum absolute atomic E-state index is 0.110. The number of carboxylic acids is 1. The Kier molecular flexibility index (Phi) is 5.65. The number of methoxy groups -OCH3 is 1. The number of hydrogen-bond acceptors (Lipinski definition) is 6. The number of carboxylic acid groups (broad SMARTS) is 1. The van der Waals surface area contributed by atoms with Crippen molar-refractivity contribution >= 4 is 5.97 Å². The summed E-state index contributed by atoms with van der Waals surface area (Å²) in [5.74, 6) is 1.22. The molecule has 0 bridgehead atoms. The zero-order valence-corrected chi connectivity index (χ0v) is 16.9. The molecule has 0 amide bonds. The fourth-order valence-corrected chi connectivity index (χ4v) is 4.09. The van der Waals surface area contributed by atoms with Gasteiger partial charge in [0.05, 0.1) is 37.2 Å². The predicted octanol–water partition coefficient (Wildman–Crippen LogP) is 3.94. The van der Waals surface area contributed by atoms with E-state index in [2.05, 4.69) is 17.1 Å². The molecule has 29 heavy (non-hydrogen) atoms. The van der Waals surface area contributed by atoms with Crippen LogP contribution in [0.5, 0.6) is 11.6 Å². The van der Waals surface area contributed by atoms with E-state index in [0.717, 1.165) is 11.5 Å². The second-order valence-corrected chi connectivity index (χ2v) is 8.29. The third-order valence-corrected chi connectivity index (χ3v) is 6.09. The lowest BCUT2D eigenvalue weighted by atomic mass is 9.83. The summed E-state index contributed by atoms with van der Waals surface area (Å²) in [4.78, 5) is 16.0. The van der Waals surface area contributed by atoms with Crippen LogP contribution in [0, 0.1) is 17.8 Å². The molecule has 7 heteroatoms. The fourth-order valence-electron chi connectivity index (χ4n) is 4.09. The van der Waals surface area contributed by atoms with Gasteiger partial charge in [0.15, 0.2) is 0 Å². The summed E-state index contributed by atoms with van der Waals surface area (Å²) < 4.78 is 11.3. The molecule has 2 aromatic rings. The molecule has 2 aliphatic rings. The van der Waals surface area contributed by atoms with E-state index in [1.165, 1.54) is 25.7 Å². The van der Waals surface area contributed by atoms with Crippen molar-refractivity contribution in [1.29, 1.82) is 0 Å². The van der Waals surface area contributed by atoms with Gasteiger partial charge in [-0.2, -0.15) is 5.10 Å². The molecule has 2 fully saturated rings. The SMILES string of the molecule is COc1ccc(-c2cnnc(OC[C@H]3CC[C@H](C)CC3)c2)nc1[C@H]1C[C@@H]1C(=O)O. The minimum Gasteiger partial charge on any atom is -0.495 e. The first kappa shape index (κ1) is 19.6. The number of carbonyl (C=O) groups is 1. The number of aliphatic carboxylic acids is 1. The van der Waals surface area contributed by atoms with Crippen molar-refractivity contribution < 1.29 is 19.4 Å². The normalized spacial score (nSPS) is 26.0. The lowest BCUT2D eigenvalue weighted by Crippen LogP contribution is -2.19. The topological polar surface area (TPSA) is 94.4 Å². The largest absolute Gasteiger partial charge is 0.495 e. The Morgan fingerprint density at radius 3 is 2.72 bits per heavy atom. The van der Waals surface area contributed by atoms with Crippen molar-refractivity contribution in [3.05, 3.63) is 30.1 Å². The van der Waals surface area contributed by atoms with Gasteiger partial charge in [-0.05, 0) is 43.2 Å². The molecule has 0 aliphatic heterocycles. The van der Waals surface area contributed by atoms with Crippen LogP contribution in [0.25, 0.3) is 11.3 Å². The molecule has 0 saturated heterocycles. The van der Waals surface area contributed by atoms with Crippen LogP contribution >= 0.6 is 0 Å². The van der Waals surface area contributed by atoms with Gasteiger partial charge >= 0.3 is 5.97 Å². The van der Waals surface area contributed by atoms with Crippen LogP contribution in [0.4, 0.5) is 0 Å². The zero-order valence-electron chi connectivity index (χ0n) is 16.9. The number of hydrogen-bond donors (Lipinski definition) is 1. The van der Waals surface area contributed by atoms with E-state index in [4.69, 9.17) is 14.5 Å². The molecule has 2 atom stereocenters. The molecule has 0 spiro atoms. The Balaban J connectivity index is 1.48. The van der Waals surface area contributed by atoms with Gasteiger partial charge in [-0.1, -0.05) is 19.8 Å². The number of rotatable bonds is 7. The molecule has 1 N–H and O–H groups in total. The maximum atomic E-state index is 11.3. The van der Waals surface area contributed by atoms with Crippen molar-refractivity contribution in [2.24, 2.45) is 17.8 Å². The van der Waals surface area contributed by atoms with Gasteiger partial charge in [-0.25, -0.2) is 4.98 Å². The molecule has 7 nitrogen and oxygen atoms in total. The van der Waals surface area contributed by atoms with Crippen molar-refractivity contribution in [1.82, 2.24) is 15.2 Å². The van der Waals surface area contributed by atoms with Gasteiger partial charge in [-0.15, -0.1) is 5.10 Å². The highest BCUT2D eigenvalue weighted by Gasteiger charge is 2.46. The Morgan fingerprint density at radius 2 is 2.03 bits per heavy atom. The number of pyridine rings is 1. The summed E-state index contributed by atoms with van der Waals surface area (Å²) in [5.41, 5.74) is 2.19. The first-order valence-corrected chi connectivity index (χ1v) is 10.3. The van der Waals surface area contributed by atoms with Crippen LogP contribution in [-0.4, -0.2) is 40.0 Å². The Morgan fingerprint density at radius 1 is 1.24 bits per heavy atom. The summed E-state index contributed by atoms with van der Waals surface area (Å²) in [7, 11) is 1.57. The molecule has 2 heterocycles.